The summed E-state index contributed by atoms with van der Waals surface area (Å²) in [7, 11) is 0. The highest BCUT2D eigenvalue weighted by Crippen LogP contribution is 2.23. The number of carbonyl (C=O) groups excluding carboxylic acids is 1. The van der Waals surface area contributed by atoms with Crippen molar-refractivity contribution in [3.63, 3.8) is 0 Å². The number of anilines is 2. The fourth-order valence-electron chi connectivity index (χ4n) is 2.03. The van der Waals surface area contributed by atoms with Gasteiger partial charge in [-0.3, -0.25) is 4.79 Å². The molecule has 0 saturated carbocycles. The number of unbranched alkanes of at least 4 members (excludes halogenated alkanes) is 2. The number of amides is 1. The minimum Gasteiger partial charge on any atom is -0.354 e. The van der Waals surface area contributed by atoms with E-state index in [1.54, 1.807) is 0 Å². The maximum atomic E-state index is 12.2. The van der Waals surface area contributed by atoms with Gasteiger partial charge in [0.15, 0.2) is 0 Å². The predicted octanol–water partition coefficient (Wildman–Crippen LogP) is 4.40. The number of nitrogens with zero attached hydrogens (tertiary/aromatic N) is 2. The average molecular weight is 377 g/mol. The Morgan fingerprint density at radius 2 is 1.96 bits per heavy atom. The van der Waals surface area contributed by atoms with Crippen LogP contribution in [0.4, 0.5) is 11.6 Å². The Morgan fingerprint density at radius 1 is 1.22 bits per heavy atom. The first-order chi connectivity index (χ1) is 11.1. The largest absolute Gasteiger partial charge is 0.354 e. The summed E-state index contributed by atoms with van der Waals surface area (Å²) in [6, 6.07) is 5.76. The van der Waals surface area contributed by atoms with E-state index in [2.05, 4.69) is 43.5 Å². The van der Waals surface area contributed by atoms with E-state index >= 15 is 0 Å². The monoisotopic (exact) mass is 376 g/mol. The van der Waals surface area contributed by atoms with Crippen molar-refractivity contribution < 1.29 is 4.79 Å². The van der Waals surface area contributed by atoms with E-state index in [-0.39, 0.29) is 5.91 Å². The Balaban J connectivity index is 1.94. The second kappa shape index (κ2) is 8.62. The zero-order valence-corrected chi connectivity index (χ0v) is 15.0. The molecule has 1 aromatic carbocycles. The maximum Gasteiger partial charge on any atom is 0.258 e. The van der Waals surface area contributed by atoms with Crippen LogP contribution in [0.1, 0.15) is 42.1 Å². The Kier molecular flexibility index (Phi) is 6.52. The van der Waals surface area contributed by atoms with Crippen molar-refractivity contribution in [1.29, 1.82) is 0 Å². The van der Waals surface area contributed by atoms with E-state index in [0.29, 0.717) is 11.5 Å². The number of hydrogen-bond acceptors (Lipinski definition) is 4. The molecule has 0 saturated heterocycles. The molecule has 5 nitrogen and oxygen atoms in total. The van der Waals surface area contributed by atoms with Gasteiger partial charge in [-0.1, -0.05) is 25.8 Å². The smallest absolute Gasteiger partial charge is 0.258 e. The van der Waals surface area contributed by atoms with Crippen molar-refractivity contribution in [2.75, 3.05) is 17.2 Å². The maximum absolute atomic E-state index is 12.2. The molecule has 1 heterocycles. The number of hydrogen-bond donors (Lipinski definition) is 2. The number of aromatic nitrogens is 2. The summed E-state index contributed by atoms with van der Waals surface area (Å²) in [6.07, 6.45) is 6.51. The summed E-state index contributed by atoms with van der Waals surface area (Å²) < 4.78 is 0.848. The summed E-state index contributed by atoms with van der Waals surface area (Å²) in [4.78, 5) is 20.6. The van der Waals surface area contributed by atoms with Crippen LogP contribution in [0.15, 0.2) is 35.1 Å². The van der Waals surface area contributed by atoms with E-state index in [1.807, 2.05) is 25.1 Å². The Labute approximate surface area is 145 Å². The van der Waals surface area contributed by atoms with Gasteiger partial charge in [-0.25, -0.2) is 9.97 Å². The molecule has 2 aromatic rings. The lowest BCUT2D eigenvalue weighted by atomic mass is 10.2. The summed E-state index contributed by atoms with van der Waals surface area (Å²) in [5.41, 5.74) is 2.27. The third kappa shape index (κ3) is 5.32. The van der Waals surface area contributed by atoms with Crippen LogP contribution in [0.25, 0.3) is 0 Å². The van der Waals surface area contributed by atoms with Gasteiger partial charge in [0, 0.05) is 23.4 Å². The molecular formula is C17H21BrN4O. The molecule has 1 amide bonds. The predicted molar refractivity (Wildman–Crippen MR) is 96.9 cm³/mol. The van der Waals surface area contributed by atoms with E-state index in [9.17, 15) is 4.79 Å². The number of aryl methyl sites for hydroxylation is 1. The van der Waals surface area contributed by atoms with E-state index in [0.717, 1.165) is 28.7 Å². The van der Waals surface area contributed by atoms with E-state index < -0.39 is 0 Å². The van der Waals surface area contributed by atoms with Gasteiger partial charge < -0.3 is 10.6 Å². The summed E-state index contributed by atoms with van der Waals surface area (Å²) in [5, 5.41) is 6.00. The van der Waals surface area contributed by atoms with E-state index in [4.69, 9.17) is 0 Å². The second-order valence-corrected chi connectivity index (χ2v) is 6.22. The molecule has 122 valence electrons. The zero-order valence-electron chi connectivity index (χ0n) is 13.4. The standard InChI is InChI=1S/C17H21BrN4O/c1-3-4-5-8-19-17-20-10-13(11-21-17)16(23)22-15-7-6-12(2)9-14(15)18/h6-7,9-11H,3-5,8H2,1-2H3,(H,22,23)(H,19,20,21). The minimum absolute atomic E-state index is 0.230. The van der Waals surface area contributed by atoms with Crippen molar-refractivity contribution in [2.24, 2.45) is 0 Å². The van der Waals surface area contributed by atoms with Gasteiger partial charge in [-0.15, -0.1) is 0 Å². The zero-order chi connectivity index (χ0) is 16.7. The summed E-state index contributed by atoms with van der Waals surface area (Å²) in [6.45, 7) is 5.00. The summed E-state index contributed by atoms with van der Waals surface area (Å²) >= 11 is 3.44. The molecule has 0 aliphatic heterocycles. The van der Waals surface area contributed by atoms with Crippen LogP contribution in [0.3, 0.4) is 0 Å². The number of halogens is 1. The lowest BCUT2D eigenvalue weighted by Gasteiger charge is -2.08. The molecule has 0 fully saturated rings. The first-order valence-electron chi connectivity index (χ1n) is 7.73. The van der Waals surface area contributed by atoms with Crippen molar-refractivity contribution in [3.05, 3.63) is 46.2 Å². The topological polar surface area (TPSA) is 66.9 Å². The number of rotatable bonds is 7. The molecule has 23 heavy (non-hydrogen) atoms. The molecule has 0 unspecified atom stereocenters. The van der Waals surface area contributed by atoms with Gasteiger partial charge in [0.2, 0.25) is 5.95 Å². The molecular weight excluding hydrogens is 356 g/mol. The molecule has 0 aliphatic carbocycles. The number of nitrogens with one attached hydrogen (secondary N) is 2. The third-order valence-electron chi connectivity index (χ3n) is 3.35. The van der Waals surface area contributed by atoms with Gasteiger partial charge >= 0.3 is 0 Å². The molecule has 0 bridgehead atoms. The highest BCUT2D eigenvalue weighted by molar-refractivity contribution is 9.10. The fraction of sp³-hybridized carbons (Fsp3) is 0.353. The molecule has 0 atom stereocenters. The molecule has 0 spiro atoms. The third-order valence-corrected chi connectivity index (χ3v) is 4.01. The van der Waals surface area contributed by atoms with Crippen molar-refractivity contribution in [1.82, 2.24) is 9.97 Å². The Bertz CT molecular complexity index is 658. The molecule has 1 aromatic heterocycles. The lowest BCUT2D eigenvalue weighted by molar-refractivity contribution is 0.102. The van der Waals surface area contributed by atoms with Crippen molar-refractivity contribution in [3.8, 4) is 0 Å². The number of benzene rings is 1. The van der Waals surface area contributed by atoms with Crippen LogP contribution in [0.2, 0.25) is 0 Å². The molecule has 2 rings (SSSR count). The van der Waals surface area contributed by atoms with E-state index in [1.165, 1.54) is 25.2 Å². The SMILES string of the molecule is CCCCCNc1ncc(C(=O)Nc2ccc(C)cc2Br)cn1. The highest BCUT2D eigenvalue weighted by Gasteiger charge is 2.09. The molecule has 0 radical (unpaired) electrons. The normalized spacial score (nSPS) is 10.4. The van der Waals surface area contributed by atoms with Crippen LogP contribution < -0.4 is 10.6 Å². The van der Waals surface area contributed by atoms with Gasteiger partial charge in [-0.2, -0.15) is 0 Å². The van der Waals surface area contributed by atoms with Crippen LogP contribution in [-0.4, -0.2) is 22.4 Å². The Morgan fingerprint density at radius 3 is 2.61 bits per heavy atom. The van der Waals surface area contributed by atoms with Gasteiger partial charge in [0.1, 0.15) is 0 Å². The first-order valence-corrected chi connectivity index (χ1v) is 8.53. The van der Waals surface area contributed by atoms with Gasteiger partial charge in [0.05, 0.1) is 11.3 Å². The van der Waals surface area contributed by atoms with Crippen LogP contribution >= 0.6 is 15.9 Å². The minimum atomic E-state index is -0.230. The molecule has 0 aliphatic rings. The number of carbonyl (C=O) groups is 1. The van der Waals surface area contributed by atoms with Gasteiger partial charge in [-0.05, 0) is 47.0 Å². The lowest BCUT2D eigenvalue weighted by Crippen LogP contribution is -2.14. The first kappa shape index (κ1) is 17.4. The molecule has 6 heteroatoms. The fourth-order valence-corrected chi connectivity index (χ4v) is 2.62. The highest BCUT2D eigenvalue weighted by atomic mass is 79.9. The van der Waals surface area contributed by atoms with Crippen LogP contribution in [-0.2, 0) is 0 Å². The summed E-state index contributed by atoms with van der Waals surface area (Å²) in [5.74, 6) is 0.321. The van der Waals surface area contributed by atoms with Crippen molar-refractivity contribution in [2.45, 2.75) is 33.1 Å². The van der Waals surface area contributed by atoms with Crippen molar-refractivity contribution >= 4 is 33.5 Å². The molecule has 2 N–H and O–H groups in total. The Hall–Kier alpha value is -1.95. The van der Waals surface area contributed by atoms with Crippen LogP contribution in [0.5, 0.6) is 0 Å². The second-order valence-electron chi connectivity index (χ2n) is 5.37. The quantitative estimate of drug-likeness (QED) is 0.702. The average Bonchev–Trinajstić information content (AvgIpc) is 2.55. The van der Waals surface area contributed by atoms with Gasteiger partial charge in [0.25, 0.3) is 5.91 Å². The van der Waals surface area contributed by atoms with Crippen LogP contribution in [0, 0.1) is 6.92 Å².